The van der Waals surface area contributed by atoms with Crippen LogP contribution in [0.5, 0.6) is 5.75 Å². The van der Waals surface area contributed by atoms with Gasteiger partial charge in [0.1, 0.15) is 5.75 Å². The van der Waals surface area contributed by atoms with Crippen LogP contribution < -0.4 is 0 Å². The fourth-order valence-electron chi connectivity index (χ4n) is 1.41. The largest absolute Gasteiger partial charge is 0.506 e. The van der Waals surface area contributed by atoms with Crippen molar-refractivity contribution in [1.82, 2.24) is 4.98 Å². The van der Waals surface area contributed by atoms with Gasteiger partial charge in [-0.25, -0.2) is 0 Å². The third kappa shape index (κ3) is 1.41. The van der Waals surface area contributed by atoms with E-state index in [4.69, 9.17) is 9.84 Å². The highest BCUT2D eigenvalue weighted by molar-refractivity contribution is 5.20. The Morgan fingerprint density at radius 2 is 2.42 bits per heavy atom. The van der Waals surface area contributed by atoms with E-state index in [-0.39, 0.29) is 5.75 Å². The lowest BCUT2D eigenvalue weighted by molar-refractivity contribution is 0.193. The van der Waals surface area contributed by atoms with E-state index in [1.54, 1.807) is 6.07 Å². The SMILES string of the molecule is Oc1ccc(C2CCOC2)nc1. The maximum absolute atomic E-state index is 9.01. The highest BCUT2D eigenvalue weighted by Crippen LogP contribution is 2.23. The molecule has 1 N–H and O–H groups in total. The number of pyridine rings is 1. The normalized spacial score (nSPS) is 22.8. The molecule has 1 aliphatic heterocycles. The molecule has 0 radical (unpaired) electrons. The van der Waals surface area contributed by atoms with Gasteiger partial charge in [0.15, 0.2) is 0 Å². The van der Waals surface area contributed by atoms with Gasteiger partial charge in [-0.05, 0) is 18.6 Å². The number of aromatic nitrogens is 1. The van der Waals surface area contributed by atoms with Crippen LogP contribution in [-0.4, -0.2) is 23.3 Å². The molecule has 3 heteroatoms. The van der Waals surface area contributed by atoms with E-state index < -0.39 is 0 Å². The van der Waals surface area contributed by atoms with Crippen molar-refractivity contribution in [2.75, 3.05) is 13.2 Å². The predicted molar refractivity (Wildman–Crippen MR) is 44.1 cm³/mol. The average molecular weight is 165 g/mol. The molecular weight excluding hydrogens is 154 g/mol. The Hall–Kier alpha value is -1.09. The molecule has 0 aliphatic carbocycles. The lowest BCUT2D eigenvalue weighted by atomic mass is 10.0. The summed E-state index contributed by atoms with van der Waals surface area (Å²) in [6.45, 7) is 1.59. The zero-order valence-corrected chi connectivity index (χ0v) is 6.73. The molecule has 0 bridgehead atoms. The number of hydrogen-bond donors (Lipinski definition) is 1. The van der Waals surface area contributed by atoms with Gasteiger partial charge in [-0.15, -0.1) is 0 Å². The minimum Gasteiger partial charge on any atom is -0.506 e. The van der Waals surface area contributed by atoms with Crippen LogP contribution in [0.15, 0.2) is 18.3 Å². The molecular formula is C9H11NO2. The molecule has 0 saturated carbocycles. The predicted octanol–water partition coefficient (Wildman–Crippen LogP) is 1.29. The Labute approximate surface area is 71.0 Å². The second-order valence-electron chi connectivity index (χ2n) is 3.00. The molecule has 1 atom stereocenters. The highest BCUT2D eigenvalue weighted by Gasteiger charge is 2.18. The minimum absolute atomic E-state index is 0.220. The van der Waals surface area contributed by atoms with Crippen molar-refractivity contribution in [2.24, 2.45) is 0 Å². The number of rotatable bonds is 1. The first-order valence-electron chi connectivity index (χ1n) is 4.09. The maximum atomic E-state index is 9.01. The van der Waals surface area contributed by atoms with Crippen molar-refractivity contribution in [3.05, 3.63) is 24.0 Å². The second-order valence-corrected chi connectivity index (χ2v) is 3.00. The van der Waals surface area contributed by atoms with E-state index in [1.165, 1.54) is 6.20 Å². The smallest absolute Gasteiger partial charge is 0.133 e. The molecule has 0 amide bonds. The Kier molecular flexibility index (Phi) is 1.96. The third-order valence-electron chi connectivity index (χ3n) is 2.12. The van der Waals surface area contributed by atoms with Crippen molar-refractivity contribution in [2.45, 2.75) is 12.3 Å². The Morgan fingerprint density at radius 3 is 3.00 bits per heavy atom. The molecule has 0 spiro atoms. The molecule has 1 saturated heterocycles. The summed E-state index contributed by atoms with van der Waals surface area (Å²) in [6, 6.07) is 3.52. The average Bonchev–Trinajstić information content (AvgIpc) is 2.58. The van der Waals surface area contributed by atoms with E-state index >= 15 is 0 Å². The van der Waals surface area contributed by atoms with Gasteiger partial charge in [-0.2, -0.15) is 0 Å². The van der Waals surface area contributed by atoms with Crippen LogP contribution in [0, 0.1) is 0 Å². The lowest BCUT2D eigenvalue weighted by Gasteiger charge is -2.05. The minimum atomic E-state index is 0.220. The summed E-state index contributed by atoms with van der Waals surface area (Å²) in [5.74, 6) is 0.642. The second kappa shape index (κ2) is 3.11. The molecule has 1 aromatic rings. The zero-order valence-electron chi connectivity index (χ0n) is 6.73. The van der Waals surface area contributed by atoms with Gasteiger partial charge in [-0.3, -0.25) is 4.98 Å². The van der Waals surface area contributed by atoms with Crippen molar-refractivity contribution < 1.29 is 9.84 Å². The number of ether oxygens (including phenoxy) is 1. The molecule has 1 aliphatic rings. The van der Waals surface area contributed by atoms with Crippen LogP contribution >= 0.6 is 0 Å². The van der Waals surface area contributed by atoms with E-state index in [0.717, 1.165) is 25.3 Å². The third-order valence-corrected chi connectivity index (χ3v) is 2.12. The molecule has 12 heavy (non-hydrogen) atoms. The molecule has 3 nitrogen and oxygen atoms in total. The van der Waals surface area contributed by atoms with Crippen molar-refractivity contribution in [3.8, 4) is 5.75 Å². The van der Waals surface area contributed by atoms with E-state index in [1.807, 2.05) is 6.07 Å². The monoisotopic (exact) mass is 165 g/mol. The van der Waals surface area contributed by atoms with Crippen LogP contribution in [0.2, 0.25) is 0 Å². The molecule has 2 rings (SSSR count). The zero-order chi connectivity index (χ0) is 8.39. The highest BCUT2D eigenvalue weighted by atomic mass is 16.5. The van der Waals surface area contributed by atoms with Gasteiger partial charge in [0.05, 0.1) is 12.8 Å². The maximum Gasteiger partial charge on any atom is 0.133 e. The first-order valence-corrected chi connectivity index (χ1v) is 4.09. The van der Waals surface area contributed by atoms with Gasteiger partial charge >= 0.3 is 0 Å². The number of aromatic hydroxyl groups is 1. The van der Waals surface area contributed by atoms with Crippen LogP contribution in [0.1, 0.15) is 18.0 Å². The lowest BCUT2D eigenvalue weighted by Crippen LogP contribution is -1.99. The van der Waals surface area contributed by atoms with Gasteiger partial charge in [0.2, 0.25) is 0 Å². The summed E-state index contributed by atoms with van der Waals surface area (Å²) in [7, 11) is 0. The first-order chi connectivity index (χ1) is 5.86. The van der Waals surface area contributed by atoms with Crippen LogP contribution in [0.25, 0.3) is 0 Å². The van der Waals surface area contributed by atoms with Gasteiger partial charge in [-0.1, -0.05) is 0 Å². The Balaban J connectivity index is 2.17. The molecule has 1 unspecified atom stereocenters. The summed E-state index contributed by atoms with van der Waals surface area (Å²) in [5, 5.41) is 9.01. The van der Waals surface area contributed by atoms with E-state index in [0.29, 0.717) is 5.92 Å². The summed E-state index contributed by atoms with van der Waals surface area (Å²) >= 11 is 0. The quantitative estimate of drug-likeness (QED) is 0.681. The topological polar surface area (TPSA) is 42.4 Å². The fourth-order valence-corrected chi connectivity index (χ4v) is 1.41. The fraction of sp³-hybridized carbons (Fsp3) is 0.444. The van der Waals surface area contributed by atoms with E-state index in [2.05, 4.69) is 4.98 Å². The summed E-state index contributed by atoms with van der Waals surface area (Å²) in [6.07, 6.45) is 2.52. The molecule has 2 heterocycles. The first kappa shape index (κ1) is 7.55. The molecule has 1 fully saturated rings. The van der Waals surface area contributed by atoms with Crippen molar-refractivity contribution in [3.63, 3.8) is 0 Å². The standard InChI is InChI=1S/C9H11NO2/c11-8-1-2-9(10-5-8)7-3-4-12-6-7/h1-2,5,7,11H,3-4,6H2. The summed E-state index contributed by atoms with van der Waals surface area (Å²) in [5.41, 5.74) is 1.02. The Morgan fingerprint density at radius 1 is 1.50 bits per heavy atom. The number of hydrogen-bond acceptors (Lipinski definition) is 3. The van der Waals surface area contributed by atoms with Gasteiger partial charge in [0.25, 0.3) is 0 Å². The van der Waals surface area contributed by atoms with Crippen molar-refractivity contribution in [1.29, 1.82) is 0 Å². The van der Waals surface area contributed by atoms with E-state index in [9.17, 15) is 0 Å². The van der Waals surface area contributed by atoms with Gasteiger partial charge < -0.3 is 9.84 Å². The summed E-state index contributed by atoms with van der Waals surface area (Å²) in [4.78, 5) is 4.13. The molecule has 1 aromatic heterocycles. The Bertz CT molecular complexity index is 252. The van der Waals surface area contributed by atoms with Crippen molar-refractivity contribution >= 4 is 0 Å². The molecule has 0 aromatic carbocycles. The number of nitrogens with zero attached hydrogens (tertiary/aromatic N) is 1. The van der Waals surface area contributed by atoms with Crippen LogP contribution in [0.4, 0.5) is 0 Å². The van der Waals surface area contributed by atoms with Crippen LogP contribution in [-0.2, 0) is 4.74 Å². The van der Waals surface area contributed by atoms with Gasteiger partial charge in [0, 0.05) is 18.2 Å². The molecule has 64 valence electrons. The summed E-state index contributed by atoms with van der Waals surface area (Å²) < 4.78 is 5.24. The van der Waals surface area contributed by atoms with Crippen LogP contribution in [0.3, 0.4) is 0 Å².